The van der Waals surface area contributed by atoms with Gasteiger partial charge in [-0.15, -0.1) is 0 Å². The van der Waals surface area contributed by atoms with Crippen LogP contribution < -0.4 is 5.73 Å². The fourth-order valence-electron chi connectivity index (χ4n) is 4.10. The third kappa shape index (κ3) is 1.62. The number of nitrogens with two attached hydrogens (primary N) is 1. The van der Waals surface area contributed by atoms with Crippen LogP contribution in [0.3, 0.4) is 0 Å². The highest BCUT2D eigenvalue weighted by molar-refractivity contribution is 5.89. The second-order valence-electron chi connectivity index (χ2n) is 6.64. The quantitative estimate of drug-likeness (QED) is 0.726. The molecule has 2 aliphatic heterocycles. The molecule has 3 aliphatic rings. The Morgan fingerprint density at radius 3 is 2.89 bits per heavy atom. The molecule has 3 rings (SSSR count). The summed E-state index contributed by atoms with van der Waals surface area (Å²) >= 11 is 0. The van der Waals surface area contributed by atoms with E-state index in [0.717, 1.165) is 32.4 Å². The van der Waals surface area contributed by atoms with Crippen LogP contribution in [0.15, 0.2) is 12.2 Å². The van der Waals surface area contributed by atoms with E-state index in [4.69, 9.17) is 10.5 Å². The summed E-state index contributed by atoms with van der Waals surface area (Å²) in [5.41, 5.74) is 5.60. The second-order valence-corrected chi connectivity index (χ2v) is 6.64. The zero-order chi connectivity index (χ0) is 13.7. The normalized spacial score (nSPS) is 40.5. The molecule has 0 aromatic rings. The van der Waals surface area contributed by atoms with Crippen molar-refractivity contribution in [3.63, 3.8) is 0 Å². The Morgan fingerprint density at radius 2 is 2.21 bits per heavy atom. The maximum Gasteiger partial charge on any atom is 0.243 e. The summed E-state index contributed by atoms with van der Waals surface area (Å²) in [4.78, 5) is 14.8. The van der Waals surface area contributed by atoms with E-state index < -0.39 is 5.54 Å². The molecule has 0 aromatic heterocycles. The van der Waals surface area contributed by atoms with E-state index in [9.17, 15) is 4.79 Å². The molecular weight excluding hydrogens is 240 g/mol. The van der Waals surface area contributed by atoms with Gasteiger partial charge in [-0.1, -0.05) is 26.0 Å². The van der Waals surface area contributed by atoms with Gasteiger partial charge in [-0.05, 0) is 19.3 Å². The molecule has 1 amide bonds. The lowest BCUT2D eigenvalue weighted by Gasteiger charge is -2.65. The predicted molar refractivity (Wildman–Crippen MR) is 73.5 cm³/mol. The Balaban J connectivity index is 1.85. The number of nitrogens with zero attached hydrogens (tertiary/aromatic N) is 1. The first-order valence-electron chi connectivity index (χ1n) is 7.34. The zero-order valence-corrected chi connectivity index (χ0v) is 11.9. The minimum atomic E-state index is -0.747. The smallest absolute Gasteiger partial charge is 0.243 e. The zero-order valence-electron chi connectivity index (χ0n) is 11.9. The van der Waals surface area contributed by atoms with Crippen LogP contribution in [0, 0.1) is 11.3 Å². The highest BCUT2D eigenvalue weighted by Crippen LogP contribution is 2.57. The molecule has 2 heterocycles. The largest absolute Gasteiger partial charge is 0.377 e. The van der Waals surface area contributed by atoms with Crippen molar-refractivity contribution in [3.05, 3.63) is 12.2 Å². The van der Waals surface area contributed by atoms with Gasteiger partial charge in [0.1, 0.15) is 5.54 Å². The SMILES string of the molecule is CC1(C)C2OCCCC2C1(N)C(=O)N1CC=CCC1. The summed E-state index contributed by atoms with van der Waals surface area (Å²) < 4.78 is 5.86. The first-order chi connectivity index (χ1) is 8.99. The van der Waals surface area contributed by atoms with Crippen LogP contribution in [0.25, 0.3) is 0 Å². The van der Waals surface area contributed by atoms with Gasteiger partial charge in [0.2, 0.25) is 5.91 Å². The van der Waals surface area contributed by atoms with Crippen molar-refractivity contribution in [2.45, 2.75) is 44.8 Å². The summed E-state index contributed by atoms with van der Waals surface area (Å²) in [6, 6.07) is 0. The lowest BCUT2D eigenvalue weighted by atomic mass is 9.46. The minimum Gasteiger partial charge on any atom is -0.377 e. The average Bonchev–Trinajstić information content (AvgIpc) is 2.46. The highest BCUT2D eigenvalue weighted by Gasteiger charge is 2.70. The first-order valence-corrected chi connectivity index (χ1v) is 7.34. The lowest BCUT2D eigenvalue weighted by molar-refractivity contribution is -0.230. The molecule has 1 saturated heterocycles. The molecule has 2 fully saturated rings. The van der Waals surface area contributed by atoms with E-state index in [2.05, 4.69) is 26.0 Å². The maximum absolute atomic E-state index is 12.9. The van der Waals surface area contributed by atoms with Crippen LogP contribution in [0.4, 0.5) is 0 Å². The van der Waals surface area contributed by atoms with E-state index in [1.54, 1.807) is 0 Å². The Morgan fingerprint density at radius 1 is 1.42 bits per heavy atom. The summed E-state index contributed by atoms with van der Waals surface area (Å²) in [6.45, 7) is 6.46. The summed E-state index contributed by atoms with van der Waals surface area (Å²) in [6.07, 6.45) is 7.31. The molecule has 1 aliphatic carbocycles. The minimum absolute atomic E-state index is 0.119. The van der Waals surface area contributed by atoms with Crippen molar-refractivity contribution in [2.24, 2.45) is 17.1 Å². The van der Waals surface area contributed by atoms with Gasteiger partial charge in [-0.3, -0.25) is 4.79 Å². The summed E-state index contributed by atoms with van der Waals surface area (Å²) in [5, 5.41) is 0. The van der Waals surface area contributed by atoms with Crippen LogP contribution in [-0.4, -0.2) is 42.1 Å². The molecule has 0 aromatic carbocycles. The van der Waals surface area contributed by atoms with Crippen molar-refractivity contribution in [2.75, 3.05) is 19.7 Å². The molecule has 3 unspecified atom stereocenters. The molecule has 2 N–H and O–H groups in total. The lowest BCUT2D eigenvalue weighted by Crippen LogP contribution is -2.82. The van der Waals surface area contributed by atoms with E-state index in [1.165, 1.54) is 0 Å². The summed E-state index contributed by atoms with van der Waals surface area (Å²) in [7, 11) is 0. The number of fused-ring (bicyclic) bond motifs is 1. The molecule has 0 bridgehead atoms. The first kappa shape index (κ1) is 13.1. The average molecular weight is 264 g/mol. The Bertz CT molecular complexity index is 418. The van der Waals surface area contributed by atoms with Gasteiger partial charge in [0, 0.05) is 31.0 Å². The molecule has 4 nitrogen and oxygen atoms in total. The number of hydrogen-bond acceptors (Lipinski definition) is 3. The number of ether oxygens (including phenoxy) is 1. The van der Waals surface area contributed by atoms with Crippen LogP contribution in [0.5, 0.6) is 0 Å². The molecule has 19 heavy (non-hydrogen) atoms. The van der Waals surface area contributed by atoms with Crippen molar-refractivity contribution in [3.8, 4) is 0 Å². The monoisotopic (exact) mass is 264 g/mol. The third-order valence-electron chi connectivity index (χ3n) is 5.38. The van der Waals surface area contributed by atoms with Gasteiger partial charge in [0.25, 0.3) is 0 Å². The predicted octanol–water partition coefficient (Wildman–Crippen LogP) is 1.31. The number of hydrogen-bond donors (Lipinski definition) is 1. The maximum atomic E-state index is 12.9. The Labute approximate surface area is 115 Å². The molecule has 3 atom stereocenters. The number of carbonyl (C=O) groups excluding carboxylic acids is 1. The third-order valence-corrected chi connectivity index (χ3v) is 5.38. The van der Waals surface area contributed by atoms with Crippen LogP contribution >= 0.6 is 0 Å². The fourth-order valence-corrected chi connectivity index (χ4v) is 4.10. The Hall–Kier alpha value is -0.870. The topological polar surface area (TPSA) is 55.6 Å². The highest BCUT2D eigenvalue weighted by atomic mass is 16.5. The van der Waals surface area contributed by atoms with E-state index in [1.807, 2.05) is 4.90 Å². The molecular formula is C15H24N2O2. The Kier molecular flexibility index (Phi) is 2.98. The molecule has 0 spiro atoms. The van der Waals surface area contributed by atoms with Gasteiger partial charge in [-0.2, -0.15) is 0 Å². The number of amides is 1. The molecule has 0 radical (unpaired) electrons. The molecule has 106 valence electrons. The number of carbonyl (C=O) groups is 1. The summed E-state index contributed by atoms with van der Waals surface area (Å²) in [5.74, 6) is 0.309. The second kappa shape index (κ2) is 4.32. The standard InChI is InChI=1S/C15H24N2O2/c1-14(2)12-11(7-6-10-19-12)15(14,16)13(18)17-8-4-3-5-9-17/h3-4,11-12H,5-10,16H2,1-2H3. The number of rotatable bonds is 1. The van der Waals surface area contributed by atoms with Crippen LogP contribution in [0.1, 0.15) is 33.1 Å². The van der Waals surface area contributed by atoms with E-state index in [0.29, 0.717) is 6.54 Å². The van der Waals surface area contributed by atoms with Gasteiger partial charge < -0.3 is 15.4 Å². The van der Waals surface area contributed by atoms with Gasteiger partial charge in [0.05, 0.1) is 6.10 Å². The van der Waals surface area contributed by atoms with Crippen molar-refractivity contribution >= 4 is 5.91 Å². The van der Waals surface area contributed by atoms with Crippen LogP contribution in [-0.2, 0) is 9.53 Å². The van der Waals surface area contributed by atoms with E-state index >= 15 is 0 Å². The van der Waals surface area contributed by atoms with Crippen molar-refractivity contribution < 1.29 is 9.53 Å². The molecule has 1 saturated carbocycles. The van der Waals surface area contributed by atoms with E-state index in [-0.39, 0.29) is 23.3 Å². The van der Waals surface area contributed by atoms with Crippen molar-refractivity contribution in [1.82, 2.24) is 4.90 Å². The van der Waals surface area contributed by atoms with Gasteiger partial charge in [-0.25, -0.2) is 0 Å². The van der Waals surface area contributed by atoms with Gasteiger partial charge >= 0.3 is 0 Å². The van der Waals surface area contributed by atoms with Gasteiger partial charge in [0.15, 0.2) is 0 Å². The van der Waals surface area contributed by atoms with Crippen LogP contribution in [0.2, 0.25) is 0 Å². The molecule has 4 heteroatoms. The van der Waals surface area contributed by atoms with Crippen molar-refractivity contribution in [1.29, 1.82) is 0 Å². The fraction of sp³-hybridized carbons (Fsp3) is 0.800.